The fourth-order valence-corrected chi connectivity index (χ4v) is 3.31. The number of methoxy groups -OCH3 is 1. The summed E-state index contributed by atoms with van der Waals surface area (Å²) in [6.07, 6.45) is 0.716. The van der Waals surface area contributed by atoms with Crippen LogP contribution < -0.4 is 20.2 Å². The van der Waals surface area contributed by atoms with Gasteiger partial charge in [0.2, 0.25) is 0 Å². The van der Waals surface area contributed by atoms with Crippen LogP contribution in [-0.2, 0) is 16.0 Å². The number of hydrogen-bond donors (Lipinski definition) is 2. The standard InChI is InChI=1S/C27H27N3O5/c1-5-19-11-7-9-13-22(19)28-25(31)26(32)30-29-18(3)20-14-15-23(24(16-20)34-4)35-27(33)21-12-8-6-10-17(21)2/h6-16H,5H2,1-4H3,(H,28,31)(H,30,32)/b29-18+. The summed E-state index contributed by atoms with van der Waals surface area (Å²) < 4.78 is 10.9. The summed E-state index contributed by atoms with van der Waals surface area (Å²) in [5.41, 5.74) is 6.05. The van der Waals surface area contributed by atoms with Crippen molar-refractivity contribution in [3.63, 3.8) is 0 Å². The smallest absolute Gasteiger partial charge is 0.343 e. The summed E-state index contributed by atoms with van der Waals surface area (Å²) >= 11 is 0. The van der Waals surface area contributed by atoms with Crippen LogP contribution in [0.2, 0.25) is 0 Å². The van der Waals surface area contributed by atoms with Gasteiger partial charge in [0.1, 0.15) is 0 Å². The van der Waals surface area contributed by atoms with Gasteiger partial charge in [0.05, 0.1) is 18.4 Å². The molecule has 0 radical (unpaired) electrons. The summed E-state index contributed by atoms with van der Waals surface area (Å²) in [4.78, 5) is 37.0. The highest BCUT2D eigenvalue weighted by Crippen LogP contribution is 2.29. The molecule has 180 valence electrons. The molecule has 0 aliphatic carbocycles. The van der Waals surface area contributed by atoms with Gasteiger partial charge >= 0.3 is 17.8 Å². The molecule has 0 saturated carbocycles. The maximum Gasteiger partial charge on any atom is 0.343 e. The second kappa shape index (κ2) is 11.6. The third kappa shape index (κ3) is 6.32. The maximum absolute atomic E-state index is 12.5. The maximum atomic E-state index is 12.5. The van der Waals surface area contributed by atoms with E-state index in [0.717, 1.165) is 11.1 Å². The quantitative estimate of drug-likeness (QED) is 0.175. The molecule has 0 aliphatic rings. The molecule has 8 heteroatoms. The Bertz CT molecular complexity index is 1280. The molecule has 2 N–H and O–H groups in total. The summed E-state index contributed by atoms with van der Waals surface area (Å²) in [6.45, 7) is 5.45. The monoisotopic (exact) mass is 473 g/mol. The Balaban J connectivity index is 1.68. The minimum atomic E-state index is -0.897. The van der Waals surface area contributed by atoms with E-state index in [1.807, 2.05) is 38.1 Å². The fraction of sp³-hybridized carbons (Fsp3) is 0.185. The van der Waals surface area contributed by atoms with Gasteiger partial charge in [-0.15, -0.1) is 0 Å². The number of benzene rings is 3. The van der Waals surface area contributed by atoms with Gasteiger partial charge in [0.15, 0.2) is 11.5 Å². The van der Waals surface area contributed by atoms with E-state index >= 15 is 0 Å². The van der Waals surface area contributed by atoms with E-state index in [9.17, 15) is 14.4 Å². The second-order valence-electron chi connectivity index (χ2n) is 7.67. The summed E-state index contributed by atoms with van der Waals surface area (Å²) in [6, 6.07) is 19.3. The first-order chi connectivity index (χ1) is 16.8. The molecule has 3 aromatic rings. The highest BCUT2D eigenvalue weighted by atomic mass is 16.6. The molecule has 8 nitrogen and oxygen atoms in total. The lowest BCUT2D eigenvalue weighted by Crippen LogP contribution is -2.33. The molecule has 2 amide bonds. The molecule has 0 heterocycles. The number of nitrogens with zero attached hydrogens (tertiary/aromatic N) is 1. The van der Waals surface area contributed by atoms with Gasteiger partial charge in [-0.25, -0.2) is 10.2 Å². The normalized spacial score (nSPS) is 10.9. The summed E-state index contributed by atoms with van der Waals surface area (Å²) in [5, 5.41) is 6.62. The number of nitrogens with one attached hydrogen (secondary N) is 2. The molecule has 0 spiro atoms. The van der Waals surface area contributed by atoms with Crippen LogP contribution >= 0.6 is 0 Å². The first-order valence-electron chi connectivity index (χ1n) is 11.0. The Morgan fingerprint density at radius 1 is 0.914 bits per heavy atom. The van der Waals surface area contributed by atoms with Crippen molar-refractivity contribution in [3.8, 4) is 11.5 Å². The number of hydrazone groups is 1. The van der Waals surface area contributed by atoms with E-state index in [0.29, 0.717) is 34.7 Å². The largest absolute Gasteiger partial charge is 0.493 e. The predicted molar refractivity (Wildman–Crippen MR) is 134 cm³/mol. The van der Waals surface area contributed by atoms with E-state index in [4.69, 9.17) is 9.47 Å². The number of para-hydroxylation sites is 1. The SMILES string of the molecule is CCc1ccccc1NC(=O)C(=O)N/N=C(\C)c1ccc(OC(=O)c2ccccc2C)c(OC)c1. The van der Waals surface area contributed by atoms with Crippen molar-refractivity contribution in [2.75, 3.05) is 12.4 Å². The Kier molecular flexibility index (Phi) is 8.34. The van der Waals surface area contributed by atoms with Crippen molar-refractivity contribution in [1.82, 2.24) is 5.43 Å². The van der Waals surface area contributed by atoms with Crippen LogP contribution in [0.1, 0.15) is 40.9 Å². The van der Waals surface area contributed by atoms with E-state index in [1.165, 1.54) is 7.11 Å². The molecular weight excluding hydrogens is 446 g/mol. The van der Waals surface area contributed by atoms with Crippen LogP contribution in [0.15, 0.2) is 71.8 Å². The highest BCUT2D eigenvalue weighted by Gasteiger charge is 2.17. The molecule has 0 fully saturated rings. The molecule has 0 aromatic heterocycles. The average molecular weight is 474 g/mol. The van der Waals surface area contributed by atoms with Gasteiger partial charge in [-0.3, -0.25) is 9.59 Å². The number of anilines is 1. The lowest BCUT2D eigenvalue weighted by molar-refractivity contribution is -0.136. The molecule has 0 saturated heterocycles. The van der Waals surface area contributed by atoms with Crippen molar-refractivity contribution in [2.24, 2.45) is 5.10 Å². The van der Waals surface area contributed by atoms with Gasteiger partial charge < -0.3 is 14.8 Å². The van der Waals surface area contributed by atoms with Crippen molar-refractivity contribution < 1.29 is 23.9 Å². The minimum Gasteiger partial charge on any atom is -0.493 e. The fourth-order valence-electron chi connectivity index (χ4n) is 3.31. The Labute approximate surface area is 204 Å². The topological polar surface area (TPSA) is 106 Å². The average Bonchev–Trinajstić information content (AvgIpc) is 2.87. The van der Waals surface area contributed by atoms with Gasteiger partial charge in [0.25, 0.3) is 0 Å². The highest BCUT2D eigenvalue weighted by molar-refractivity contribution is 6.39. The van der Waals surface area contributed by atoms with Crippen LogP contribution in [0.5, 0.6) is 11.5 Å². The van der Waals surface area contributed by atoms with Crippen LogP contribution in [0.3, 0.4) is 0 Å². The lowest BCUT2D eigenvalue weighted by atomic mass is 10.1. The second-order valence-corrected chi connectivity index (χ2v) is 7.67. The summed E-state index contributed by atoms with van der Waals surface area (Å²) in [7, 11) is 1.46. The van der Waals surface area contributed by atoms with Gasteiger partial charge in [-0.2, -0.15) is 5.10 Å². The first-order valence-corrected chi connectivity index (χ1v) is 11.0. The number of ether oxygens (including phenoxy) is 2. The van der Waals surface area contributed by atoms with E-state index in [2.05, 4.69) is 15.8 Å². The predicted octanol–water partition coefficient (Wildman–Crippen LogP) is 4.26. The Morgan fingerprint density at radius 2 is 1.63 bits per heavy atom. The Morgan fingerprint density at radius 3 is 2.34 bits per heavy atom. The van der Waals surface area contributed by atoms with E-state index in [-0.39, 0.29) is 5.75 Å². The van der Waals surface area contributed by atoms with E-state index in [1.54, 1.807) is 49.4 Å². The number of rotatable bonds is 7. The van der Waals surface area contributed by atoms with Gasteiger partial charge in [-0.05, 0) is 61.7 Å². The number of carbonyl (C=O) groups is 3. The zero-order valence-corrected chi connectivity index (χ0v) is 20.0. The third-order valence-electron chi connectivity index (χ3n) is 5.33. The van der Waals surface area contributed by atoms with Crippen molar-refractivity contribution in [3.05, 3.63) is 89.0 Å². The molecule has 0 unspecified atom stereocenters. The minimum absolute atomic E-state index is 0.246. The molecule has 3 aromatic carbocycles. The molecule has 3 rings (SSSR count). The van der Waals surface area contributed by atoms with Crippen molar-refractivity contribution in [1.29, 1.82) is 0 Å². The third-order valence-corrected chi connectivity index (χ3v) is 5.33. The molecular formula is C27H27N3O5. The number of esters is 1. The Hall–Kier alpha value is -4.46. The van der Waals surface area contributed by atoms with Crippen molar-refractivity contribution >= 4 is 29.2 Å². The first kappa shape index (κ1) is 25.2. The number of hydrogen-bond acceptors (Lipinski definition) is 6. The van der Waals surface area contributed by atoms with Gasteiger partial charge in [0, 0.05) is 11.3 Å². The number of carbonyl (C=O) groups excluding carboxylic acids is 3. The zero-order valence-electron chi connectivity index (χ0n) is 20.0. The number of aryl methyl sites for hydroxylation is 2. The molecule has 0 aliphatic heterocycles. The van der Waals surface area contributed by atoms with Crippen LogP contribution in [0.4, 0.5) is 5.69 Å². The van der Waals surface area contributed by atoms with E-state index < -0.39 is 17.8 Å². The molecule has 0 bridgehead atoms. The van der Waals surface area contributed by atoms with Crippen LogP contribution in [-0.4, -0.2) is 30.6 Å². The van der Waals surface area contributed by atoms with Crippen molar-refractivity contribution in [2.45, 2.75) is 27.2 Å². The van der Waals surface area contributed by atoms with Gasteiger partial charge in [-0.1, -0.05) is 43.3 Å². The van der Waals surface area contributed by atoms with Crippen LogP contribution in [0, 0.1) is 6.92 Å². The zero-order chi connectivity index (χ0) is 25.4. The van der Waals surface area contributed by atoms with Crippen LogP contribution in [0.25, 0.3) is 0 Å². The molecule has 0 atom stereocenters. The summed E-state index contributed by atoms with van der Waals surface area (Å²) in [5.74, 6) is -1.65. The lowest BCUT2D eigenvalue weighted by Gasteiger charge is -2.12. The number of amides is 2. The molecule has 35 heavy (non-hydrogen) atoms.